The molecule has 132 valence electrons. The van der Waals surface area contributed by atoms with Crippen LogP contribution in [0.1, 0.15) is 18.1 Å². The summed E-state index contributed by atoms with van der Waals surface area (Å²) < 4.78 is 0. The van der Waals surface area contributed by atoms with E-state index in [1.807, 2.05) is 0 Å². The van der Waals surface area contributed by atoms with E-state index in [-0.39, 0.29) is 0 Å². The van der Waals surface area contributed by atoms with E-state index in [4.69, 9.17) is 17.0 Å². The summed E-state index contributed by atoms with van der Waals surface area (Å²) >= 11 is -0.826. The summed E-state index contributed by atoms with van der Waals surface area (Å²) in [6.45, 7) is 4.18. The predicted octanol–water partition coefficient (Wildman–Crippen LogP) is 7.92. The van der Waals surface area contributed by atoms with Crippen LogP contribution < -0.4 is 0 Å². The van der Waals surface area contributed by atoms with E-state index >= 15 is 0 Å². The Kier molecular flexibility index (Phi) is 9.40. The van der Waals surface area contributed by atoms with Gasteiger partial charge in [0.05, 0.1) is 0 Å². The molecule has 0 N–H and O–H groups in total. The van der Waals surface area contributed by atoms with Gasteiger partial charge in [0.15, 0.2) is 0 Å². The summed E-state index contributed by atoms with van der Waals surface area (Å²) in [6.07, 6.45) is 5.33. The Morgan fingerprint density at radius 1 is 0.885 bits per heavy atom. The fraction of sp³-hybridized carbons (Fsp3) is 0.130. The van der Waals surface area contributed by atoms with Crippen LogP contribution in [0.4, 0.5) is 0 Å². The number of halogens is 2. The molecule has 0 bridgehead atoms. The van der Waals surface area contributed by atoms with E-state index in [2.05, 4.69) is 98.8 Å². The van der Waals surface area contributed by atoms with E-state index in [0.717, 1.165) is 6.42 Å². The third-order valence-corrected chi connectivity index (χ3v) is 4.03. The third-order valence-electron chi connectivity index (χ3n) is 4.03. The van der Waals surface area contributed by atoms with Crippen LogP contribution >= 0.6 is 17.0 Å². The van der Waals surface area contributed by atoms with Crippen molar-refractivity contribution in [2.45, 2.75) is 20.3 Å². The average molecular weight is 461 g/mol. The molecule has 0 aromatic heterocycles. The predicted molar refractivity (Wildman–Crippen MR) is 114 cm³/mol. The molecule has 0 unspecified atom stereocenters. The van der Waals surface area contributed by atoms with Gasteiger partial charge in [-0.15, -0.1) is 81.2 Å². The number of allylic oxidation sites excluding steroid dienone is 2. The van der Waals surface area contributed by atoms with Crippen molar-refractivity contribution in [2.75, 3.05) is 0 Å². The average Bonchev–Trinajstić information content (AvgIpc) is 3.22. The Morgan fingerprint density at radius 3 is 1.96 bits per heavy atom. The van der Waals surface area contributed by atoms with Gasteiger partial charge in [0.1, 0.15) is 0 Å². The molecule has 0 spiro atoms. The fourth-order valence-electron chi connectivity index (χ4n) is 2.89. The zero-order valence-corrected chi connectivity index (χ0v) is 19.0. The van der Waals surface area contributed by atoms with Gasteiger partial charge in [-0.05, 0) is 13.3 Å². The molecule has 0 aliphatic carbocycles. The molecule has 0 aliphatic rings. The van der Waals surface area contributed by atoms with Gasteiger partial charge in [-0.25, -0.2) is 0 Å². The van der Waals surface area contributed by atoms with Crippen molar-refractivity contribution >= 4 is 38.6 Å². The topological polar surface area (TPSA) is 0 Å². The van der Waals surface area contributed by atoms with Gasteiger partial charge in [0.2, 0.25) is 0 Å². The molecule has 3 heteroatoms. The number of fused-ring (bicyclic) bond motifs is 2. The summed E-state index contributed by atoms with van der Waals surface area (Å²) in [4.78, 5) is 0. The van der Waals surface area contributed by atoms with Gasteiger partial charge in [-0.3, -0.25) is 0 Å². The van der Waals surface area contributed by atoms with Crippen molar-refractivity contribution in [1.29, 1.82) is 0 Å². The van der Waals surface area contributed by atoms with E-state index in [1.54, 1.807) is 0 Å². The van der Waals surface area contributed by atoms with Crippen molar-refractivity contribution in [3.8, 4) is 0 Å². The molecule has 0 saturated heterocycles. The Hall–Kier alpha value is -1.14. The standard InChI is InChI=1S/C13H13.C10H9.2ClH.Zr/c1-2-3-6-11-9-12-7-4-5-8-13(12)10-11;1-8-6-9-4-2-3-5-10(9)7-8;;;/h2-5,7-10H,6H2,1H3;2-7H,1H3;2*1H;/q2*-1;;;+4/p-2. The fourth-order valence-corrected chi connectivity index (χ4v) is 2.89. The molecule has 4 rings (SSSR count). The molecule has 0 fully saturated rings. The molecule has 0 heterocycles. The molecule has 4 aromatic rings. The summed E-state index contributed by atoms with van der Waals surface area (Å²) in [6, 6.07) is 25.8. The Balaban J connectivity index is 0.000000167. The normalized spacial score (nSPS) is 10.2. The van der Waals surface area contributed by atoms with E-state index in [1.165, 1.54) is 32.7 Å². The SMILES string of the molecule is CC=CCc1cc2ccccc2[cH-]1.Cc1cc2ccccc2[cH-]1.[Cl][Zr+2][Cl]. The molecule has 0 nitrogen and oxygen atoms in total. The number of rotatable bonds is 2. The number of benzene rings is 2. The van der Waals surface area contributed by atoms with Crippen molar-refractivity contribution in [3.05, 3.63) is 96.1 Å². The molecule has 0 radical (unpaired) electrons. The first kappa shape index (κ1) is 21.2. The molecule has 0 atom stereocenters. The number of hydrogen-bond donors (Lipinski definition) is 0. The first-order valence-electron chi connectivity index (χ1n) is 8.51. The molecule has 0 amide bonds. The minimum absolute atomic E-state index is 0.826. The maximum absolute atomic E-state index is 4.93. The monoisotopic (exact) mass is 458 g/mol. The Morgan fingerprint density at radius 2 is 1.42 bits per heavy atom. The van der Waals surface area contributed by atoms with Crippen LogP contribution in [-0.4, -0.2) is 0 Å². The first-order chi connectivity index (χ1) is 12.7. The molecule has 26 heavy (non-hydrogen) atoms. The van der Waals surface area contributed by atoms with Crippen LogP contribution in [0.2, 0.25) is 0 Å². The van der Waals surface area contributed by atoms with E-state index in [9.17, 15) is 0 Å². The molecular weight excluding hydrogens is 438 g/mol. The second-order valence-electron chi connectivity index (χ2n) is 6.00. The van der Waals surface area contributed by atoms with Gasteiger partial charge in [0, 0.05) is 0 Å². The van der Waals surface area contributed by atoms with Gasteiger partial charge in [-0.1, -0.05) is 31.2 Å². The summed E-state index contributed by atoms with van der Waals surface area (Å²) in [5, 5.41) is 5.39. The number of hydrogen-bond acceptors (Lipinski definition) is 0. The van der Waals surface area contributed by atoms with Crippen LogP contribution in [0.15, 0.2) is 84.9 Å². The quantitative estimate of drug-likeness (QED) is 0.211. The van der Waals surface area contributed by atoms with Crippen LogP contribution in [0.5, 0.6) is 0 Å². The molecule has 4 aromatic carbocycles. The van der Waals surface area contributed by atoms with Crippen LogP contribution in [-0.2, 0) is 27.3 Å². The van der Waals surface area contributed by atoms with Crippen LogP contribution in [0.3, 0.4) is 0 Å². The van der Waals surface area contributed by atoms with Crippen molar-refractivity contribution < 1.29 is 20.8 Å². The Bertz CT molecular complexity index is 881. The second-order valence-corrected chi connectivity index (χ2v) is 9.73. The summed E-state index contributed by atoms with van der Waals surface area (Å²) in [5.74, 6) is 0. The third kappa shape index (κ3) is 6.54. The van der Waals surface area contributed by atoms with Crippen LogP contribution in [0, 0.1) is 6.92 Å². The number of aryl methyl sites for hydroxylation is 1. The van der Waals surface area contributed by atoms with Crippen molar-refractivity contribution in [3.63, 3.8) is 0 Å². The molecule has 0 aliphatic heterocycles. The second kappa shape index (κ2) is 11.5. The van der Waals surface area contributed by atoms with E-state index < -0.39 is 20.8 Å². The summed E-state index contributed by atoms with van der Waals surface area (Å²) in [5.41, 5.74) is 2.75. The molecular formula is C23H22Cl2Zr. The maximum atomic E-state index is 4.93. The zero-order chi connectivity index (χ0) is 18.8. The summed E-state index contributed by atoms with van der Waals surface area (Å²) in [7, 11) is 9.87. The van der Waals surface area contributed by atoms with Crippen molar-refractivity contribution in [2.24, 2.45) is 0 Å². The van der Waals surface area contributed by atoms with Gasteiger partial charge < -0.3 is 0 Å². The van der Waals surface area contributed by atoms with E-state index in [0.29, 0.717) is 0 Å². The Labute approximate surface area is 174 Å². The van der Waals surface area contributed by atoms with Crippen molar-refractivity contribution in [1.82, 2.24) is 0 Å². The first-order valence-corrected chi connectivity index (χ1v) is 14.8. The van der Waals surface area contributed by atoms with Gasteiger partial charge in [-0.2, -0.15) is 12.1 Å². The van der Waals surface area contributed by atoms with Crippen LogP contribution in [0.25, 0.3) is 21.5 Å². The zero-order valence-electron chi connectivity index (χ0n) is 15.0. The van der Waals surface area contributed by atoms with Gasteiger partial charge in [0.25, 0.3) is 0 Å². The molecule has 0 saturated carbocycles. The van der Waals surface area contributed by atoms with Gasteiger partial charge >= 0.3 is 37.9 Å². The minimum atomic E-state index is -0.826.